The smallest absolute Gasteiger partial charge is 0.138 e. The van der Waals surface area contributed by atoms with Crippen LogP contribution in [0.5, 0.6) is 0 Å². The fourth-order valence-corrected chi connectivity index (χ4v) is 1.19. The van der Waals surface area contributed by atoms with E-state index in [2.05, 4.69) is 6.58 Å². The van der Waals surface area contributed by atoms with Crippen molar-refractivity contribution in [1.82, 2.24) is 0 Å². The van der Waals surface area contributed by atoms with Crippen LogP contribution in [0.15, 0.2) is 12.2 Å². The van der Waals surface area contributed by atoms with Crippen LogP contribution in [-0.2, 0) is 4.79 Å². The highest BCUT2D eigenvalue weighted by atomic mass is 16.1. The Kier molecular flexibility index (Phi) is 4.09. The Bertz CT molecular complexity index is 156. The van der Waals surface area contributed by atoms with Crippen molar-refractivity contribution in [2.75, 3.05) is 0 Å². The van der Waals surface area contributed by atoms with Crippen molar-refractivity contribution in [3.8, 4) is 0 Å². The Labute approximate surface area is 69.5 Å². The highest BCUT2D eigenvalue weighted by molar-refractivity contribution is 5.82. The topological polar surface area (TPSA) is 17.1 Å². The molecule has 0 rings (SSSR count). The van der Waals surface area contributed by atoms with Crippen LogP contribution in [-0.4, -0.2) is 5.78 Å². The lowest BCUT2D eigenvalue weighted by atomic mass is 9.92. The van der Waals surface area contributed by atoms with Crippen molar-refractivity contribution in [2.24, 2.45) is 11.8 Å². The second kappa shape index (κ2) is 4.32. The molecule has 0 heterocycles. The third kappa shape index (κ3) is 3.97. The van der Waals surface area contributed by atoms with Crippen molar-refractivity contribution in [3.63, 3.8) is 0 Å². The lowest BCUT2D eigenvalue weighted by molar-refractivity contribution is -0.125. The van der Waals surface area contributed by atoms with Crippen molar-refractivity contribution < 1.29 is 4.79 Å². The van der Waals surface area contributed by atoms with Gasteiger partial charge in [-0.1, -0.05) is 26.3 Å². The SMILES string of the molecule is C=C(C)CC(C)C(=O)C(C)C. The fourth-order valence-electron chi connectivity index (χ4n) is 1.19. The summed E-state index contributed by atoms with van der Waals surface area (Å²) in [5, 5.41) is 0. The third-order valence-corrected chi connectivity index (χ3v) is 1.71. The van der Waals surface area contributed by atoms with Crippen LogP contribution in [0.3, 0.4) is 0 Å². The van der Waals surface area contributed by atoms with Gasteiger partial charge < -0.3 is 0 Å². The van der Waals surface area contributed by atoms with E-state index in [4.69, 9.17) is 0 Å². The van der Waals surface area contributed by atoms with Crippen molar-refractivity contribution in [3.05, 3.63) is 12.2 Å². The van der Waals surface area contributed by atoms with Gasteiger partial charge in [-0.05, 0) is 13.3 Å². The summed E-state index contributed by atoms with van der Waals surface area (Å²) in [4.78, 5) is 11.3. The summed E-state index contributed by atoms with van der Waals surface area (Å²) in [6.45, 7) is 11.6. The number of rotatable bonds is 4. The van der Waals surface area contributed by atoms with Gasteiger partial charge in [0.25, 0.3) is 0 Å². The molecule has 64 valence electrons. The highest BCUT2D eigenvalue weighted by Crippen LogP contribution is 2.14. The standard InChI is InChI=1S/C10H18O/c1-7(2)6-9(5)10(11)8(3)4/h8-9H,1,6H2,2-5H3. The molecule has 1 atom stereocenters. The zero-order chi connectivity index (χ0) is 9.02. The molecule has 1 nitrogen and oxygen atoms in total. The first kappa shape index (κ1) is 10.4. The van der Waals surface area contributed by atoms with E-state index in [1.807, 2.05) is 27.7 Å². The molecule has 0 aliphatic heterocycles. The van der Waals surface area contributed by atoms with Crippen LogP contribution in [0, 0.1) is 11.8 Å². The summed E-state index contributed by atoms with van der Waals surface area (Å²) in [6.07, 6.45) is 0.830. The molecule has 0 saturated heterocycles. The summed E-state index contributed by atoms with van der Waals surface area (Å²) < 4.78 is 0. The number of ketones is 1. The number of allylic oxidation sites excluding steroid dienone is 1. The Morgan fingerprint density at radius 2 is 1.82 bits per heavy atom. The van der Waals surface area contributed by atoms with Gasteiger partial charge in [-0.25, -0.2) is 0 Å². The van der Waals surface area contributed by atoms with Crippen molar-refractivity contribution in [1.29, 1.82) is 0 Å². The Morgan fingerprint density at radius 3 is 2.09 bits per heavy atom. The molecule has 0 radical (unpaired) electrons. The molecular weight excluding hydrogens is 136 g/mol. The molecule has 0 spiro atoms. The minimum Gasteiger partial charge on any atom is -0.299 e. The zero-order valence-corrected chi connectivity index (χ0v) is 7.98. The largest absolute Gasteiger partial charge is 0.299 e. The van der Waals surface area contributed by atoms with Gasteiger partial charge in [0.05, 0.1) is 0 Å². The van der Waals surface area contributed by atoms with Crippen LogP contribution in [0.25, 0.3) is 0 Å². The summed E-state index contributed by atoms with van der Waals surface area (Å²) in [6, 6.07) is 0. The van der Waals surface area contributed by atoms with Gasteiger partial charge in [-0.15, -0.1) is 6.58 Å². The fraction of sp³-hybridized carbons (Fsp3) is 0.700. The quantitative estimate of drug-likeness (QED) is 0.569. The van der Waals surface area contributed by atoms with Gasteiger partial charge in [0.2, 0.25) is 0 Å². The minimum atomic E-state index is 0.146. The second-order valence-electron chi connectivity index (χ2n) is 3.62. The molecule has 0 aliphatic rings. The first-order chi connectivity index (χ1) is 4.95. The summed E-state index contributed by atoms with van der Waals surface area (Å²) in [5.41, 5.74) is 1.09. The molecule has 0 saturated carbocycles. The molecule has 0 aromatic rings. The maximum Gasteiger partial charge on any atom is 0.138 e. The molecule has 0 N–H and O–H groups in total. The van der Waals surface area contributed by atoms with Gasteiger partial charge >= 0.3 is 0 Å². The first-order valence-corrected chi connectivity index (χ1v) is 4.13. The van der Waals surface area contributed by atoms with E-state index in [0.29, 0.717) is 5.78 Å². The van der Waals surface area contributed by atoms with E-state index in [9.17, 15) is 4.79 Å². The van der Waals surface area contributed by atoms with E-state index in [-0.39, 0.29) is 11.8 Å². The van der Waals surface area contributed by atoms with E-state index in [0.717, 1.165) is 12.0 Å². The third-order valence-electron chi connectivity index (χ3n) is 1.71. The highest BCUT2D eigenvalue weighted by Gasteiger charge is 2.15. The van der Waals surface area contributed by atoms with Crippen molar-refractivity contribution in [2.45, 2.75) is 34.1 Å². The van der Waals surface area contributed by atoms with Crippen LogP contribution < -0.4 is 0 Å². The Balaban J connectivity index is 3.93. The minimum absolute atomic E-state index is 0.146. The molecule has 0 aliphatic carbocycles. The average Bonchev–Trinajstić information content (AvgIpc) is 1.84. The molecule has 0 fully saturated rings. The van der Waals surface area contributed by atoms with E-state index in [1.165, 1.54) is 0 Å². The summed E-state index contributed by atoms with van der Waals surface area (Å²) in [7, 11) is 0. The van der Waals surface area contributed by atoms with Gasteiger partial charge in [0, 0.05) is 11.8 Å². The number of hydrogen-bond acceptors (Lipinski definition) is 1. The molecule has 1 unspecified atom stereocenters. The van der Waals surface area contributed by atoms with E-state index in [1.54, 1.807) is 0 Å². The summed E-state index contributed by atoms with van der Waals surface area (Å²) in [5.74, 6) is 0.643. The average molecular weight is 154 g/mol. The molecule has 11 heavy (non-hydrogen) atoms. The summed E-state index contributed by atoms with van der Waals surface area (Å²) >= 11 is 0. The second-order valence-corrected chi connectivity index (χ2v) is 3.62. The van der Waals surface area contributed by atoms with Crippen molar-refractivity contribution >= 4 is 5.78 Å². The monoisotopic (exact) mass is 154 g/mol. The maximum atomic E-state index is 11.3. The van der Waals surface area contributed by atoms with Gasteiger partial charge in [0.15, 0.2) is 0 Å². The van der Waals surface area contributed by atoms with Crippen LogP contribution in [0.1, 0.15) is 34.1 Å². The number of hydrogen-bond donors (Lipinski definition) is 0. The number of carbonyl (C=O) groups is 1. The molecular formula is C10H18O. The van der Waals surface area contributed by atoms with Gasteiger partial charge in [-0.2, -0.15) is 0 Å². The lowest BCUT2D eigenvalue weighted by Gasteiger charge is -2.11. The van der Waals surface area contributed by atoms with Crippen LogP contribution in [0.2, 0.25) is 0 Å². The number of carbonyl (C=O) groups excluding carboxylic acids is 1. The zero-order valence-electron chi connectivity index (χ0n) is 7.98. The Morgan fingerprint density at radius 1 is 1.36 bits per heavy atom. The molecule has 0 bridgehead atoms. The normalized spacial score (nSPS) is 13.2. The predicted octanol–water partition coefficient (Wildman–Crippen LogP) is 2.81. The first-order valence-electron chi connectivity index (χ1n) is 4.13. The van der Waals surface area contributed by atoms with Gasteiger partial charge in [0.1, 0.15) is 5.78 Å². The molecule has 1 heteroatoms. The molecule has 0 amide bonds. The predicted molar refractivity (Wildman–Crippen MR) is 48.4 cm³/mol. The van der Waals surface area contributed by atoms with Crippen LogP contribution in [0.4, 0.5) is 0 Å². The van der Waals surface area contributed by atoms with Crippen LogP contribution >= 0.6 is 0 Å². The number of Topliss-reactive ketones (excluding diaryl/α,β-unsaturated/α-hetero) is 1. The van der Waals surface area contributed by atoms with E-state index >= 15 is 0 Å². The molecule has 0 aromatic heterocycles. The Hall–Kier alpha value is -0.590. The van der Waals surface area contributed by atoms with Gasteiger partial charge in [-0.3, -0.25) is 4.79 Å². The molecule has 0 aromatic carbocycles. The lowest BCUT2D eigenvalue weighted by Crippen LogP contribution is -2.16. The van der Waals surface area contributed by atoms with E-state index < -0.39 is 0 Å². The maximum absolute atomic E-state index is 11.3.